The Hall–Kier alpha value is -0.810. The molecule has 1 heterocycles. The molecule has 1 N–H and O–H groups in total. The van der Waals surface area contributed by atoms with Crippen molar-refractivity contribution in [1.82, 2.24) is 9.55 Å². The van der Waals surface area contributed by atoms with Crippen molar-refractivity contribution in [3.05, 3.63) is 54.6 Å². The number of benzene rings is 1. The quantitative estimate of drug-likeness (QED) is 0.813. The molecular weight excluding hydrogens is 303 g/mol. The van der Waals surface area contributed by atoms with Crippen LogP contribution in [0.1, 0.15) is 0 Å². The summed E-state index contributed by atoms with van der Waals surface area (Å²) in [5, 5.41) is 1.14. The van der Waals surface area contributed by atoms with Gasteiger partial charge in [-0.05, 0) is 24.4 Å². The first-order chi connectivity index (χ1) is 7.99. The second kappa shape index (κ2) is 4.82. The zero-order chi connectivity index (χ0) is 12.6. The van der Waals surface area contributed by atoms with Gasteiger partial charge in [0.25, 0.3) is 5.56 Å². The lowest BCUT2D eigenvalue weighted by Crippen LogP contribution is -2.10. The number of nitrogens with one attached hydrogen (secondary N) is 1. The van der Waals surface area contributed by atoms with Crippen molar-refractivity contribution in [2.24, 2.45) is 0 Å². The Balaban J connectivity index is 2.77. The summed E-state index contributed by atoms with van der Waals surface area (Å²) in [5.41, 5.74) is 0.200. The van der Waals surface area contributed by atoms with Gasteiger partial charge in [0.2, 0.25) is 0 Å². The Kier molecular flexibility index (Phi) is 3.58. The van der Waals surface area contributed by atoms with Crippen LogP contribution in [0, 0.1) is 4.77 Å². The zero-order valence-electron chi connectivity index (χ0n) is 8.21. The number of hydrogen-bond donors (Lipinski definition) is 1. The number of rotatable bonds is 1. The van der Waals surface area contributed by atoms with Gasteiger partial charge in [-0.3, -0.25) is 14.3 Å². The molecule has 0 fully saturated rings. The second-order valence-corrected chi connectivity index (χ2v) is 4.84. The van der Waals surface area contributed by atoms with Crippen LogP contribution in [0.2, 0.25) is 15.1 Å². The lowest BCUT2D eigenvalue weighted by Gasteiger charge is -2.10. The van der Waals surface area contributed by atoms with E-state index in [4.69, 9.17) is 47.0 Å². The van der Waals surface area contributed by atoms with E-state index in [9.17, 15) is 4.79 Å². The molecule has 2 aromatic rings. The average molecular weight is 308 g/mol. The van der Waals surface area contributed by atoms with Crippen LogP contribution in [0.5, 0.6) is 0 Å². The molecule has 0 aliphatic carbocycles. The van der Waals surface area contributed by atoms with Crippen LogP contribution in [-0.2, 0) is 0 Å². The van der Waals surface area contributed by atoms with E-state index in [1.165, 1.54) is 16.8 Å². The van der Waals surface area contributed by atoms with E-state index in [-0.39, 0.29) is 10.3 Å². The topological polar surface area (TPSA) is 37.8 Å². The van der Waals surface area contributed by atoms with Gasteiger partial charge in [0.1, 0.15) is 0 Å². The fourth-order valence-corrected chi connectivity index (χ4v) is 2.61. The molecule has 0 unspecified atom stereocenters. The predicted molar refractivity (Wildman–Crippen MR) is 72.3 cm³/mol. The highest BCUT2D eigenvalue weighted by molar-refractivity contribution is 7.71. The van der Waals surface area contributed by atoms with Crippen molar-refractivity contribution in [2.75, 3.05) is 0 Å². The van der Waals surface area contributed by atoms with Gasteiger partial charge in [-0.1, -0.05) is 34.8 Å². The number of nitrogens with zero attached hydrogens (tertiary/aromatic N) is 1. The number of aromatic nitrogens is 2. The van der Waals surface area contributed by atoms with E-state index in [0.717, 1.165) is 0 Å². The Labute approximate surface area is 117 Å². The van der Waals surface area contributed by atoms with Crippen LogP contribution in [0.15, 0.2) is 29.2 Å². The number of halogens is 3. The lowest BCUT2D eigenvalue weighted by atomic mass is 10.3. The van der Waals surface area contributed by atoms with Crippen LogP contribution in [0.3, 0.4) is 0 Å². The maximum absolute atomic E-state index is 11.1. The highest BCUT2D eigenvalue weighted by Gasteiger charge is 2.10. The molecule has 0 bridgehead atoms. The number of hydrogen-bond acceptors (Lipinski definition) is 2. The van der Waals surface area contributed by atoms with Gasteiger partial charge < -0.3 is 0 Å². The van der Waals surface area contributed by atoms with Gasteiger partial charge in [-0.2, -0.15) is 0 Å². The summed E-state index contributed by atoms with van der Waals surface area (Å²) in [7, 11) is 0. The van der Waals surface area contributed by atoms with Crippen LogP contribution in [0.25, 0.3) is 5.69 Å². The van der Waals surface area contributed by atoms with Gasteiger partial charge in [0, 0.05) is 17.3 Å². The molecule has 0 saturated heterocycles. The first-order valence-electron chi connectivity index (χ1n) is 4.46. The molecule has 0 spiro atoms. The van der Waals surface area contributed by atoms with Gasteiger partial charge >= 0.3 is 0 Å². The minimum atomic E-state index is -0.285. The Bertz CT molecular complexity index is 669. The number of H-pyrrole nitrogens is 1. The maximum atomic E-state index is 11.1. The molecule has 0 atom stereocenters. The number of aromatic amines is 1. The molecule has 3 nitrogen and oxygen atoms in total. The smallest absolute Gasteiger partial charge is 0.251 e. The highest BCUT2D eigenvalue weighted by Crippen LogP contribution is 2.31. The monoisotopic (exact) mass is 306 g/mol. The molecule has 1 aromatic carbocycles. The average Bonchev–Trinajstić information content (AvgIpc) is 2.19. The Morgan fingerprint density at radius 2 is 1.76 bits per heavy atom. The summed E-state index contributed by atoms with van der Waals surface area (Å²) in [6, 6.07) is 4.44. The summed E-state index contributed by atoms with van der Waals surface area (Å²) in [4.78, 5) is 13.6. The molecule has 88 valence electrons. The molecule has 2 rings (SSSR count). The first kappa shape index (κ1) is 12.6. The van der Waals surface area contributed by atoms with E-state index < -0.39 is 0 Å². The molecule has 0 amide bonds. The third kappa shape index (κ3) is 2.55. The molecule has 0 saturated carbocycles. The van der Waals surface area contributed by atoms with Gasteiger partial charge in [-0.15, -0.1) is 0 Å². The van der Waals surface area contributed by atoms with Crippen molar-refractivity contribution in [3.8, 4) is 5.69 Å². The van der Waals surface area contributed by atoms with Gasteiger partial charge in [0.15, 0.2) is 4.77 Å². The minimum Gasteiger partial charge on any atom is -0.299 e. The van der Waals surface area contributed by atoms with Crippen molar-refractivity contribution in [2.45, 2.75) is 0 Å². The second-order valence-electron chi connectivity index (χ2n) is 3.20. The van der Waals surface area contributed by atoms with E-state index >= 15 is 0 Å². The molecule has 17 heavy (non-hydrogen) atoms. The summed E-state index contributed by atoms with van der Waals surface area (Å²) in [5.74, 6) is 0. The summed E-state index contributed by atoms with van der Waals surface area (Å²) in [6.07, 6.45) is 1.50. The fraction of sp³-hybridized carbons (Fsp3) is 0. The predicted octanol–water partition coefficient (Wildman–Crippen LogP) is 3.86. The van der Waals surface area contributed by atoms with Gasteiger partial charge in [-0.25, -0.2) is 0 Å². The van der Waals surface area contributed by atoms with Crippen molar-refractivity contribution in [3.63, 3.8) is 0 Å². The van der Waals surface area contributed by atoms with Crippen LogP contribution in [0.4, 0.5) is 0 Å². The van der Waals surface area contributed by atoms with E-state index in [1.807, 2.05) is 0 Å². The Morgan fingerprint density at radius 3 is 2.29 bits per heavy atom. The normalized spacial score (nSPS) is 10.5. The van der Waals surface area contributed by atoms with Crippen LogP contribution < -0.4 is 5.56 Å². The van der Waals surface area contributed by atoms with E-state index in [1.54, 1.807) is 12.1 Å². The molecular formula is C10H5Cl3N2OS. The largest absolute Gasteiger partial charge is 0.299 e. The first-order valence-corrected chi connectivity index (χ1v) is 6.00. The molecule has 0 aliphatic rings. The SMILES string of the molecule is O=c1ccn(-c2c(Cl)cc(Cl)cc2Cl)c(=S)[nH]1. The van der Waals surface area contributed by atoms with Crippen molar-refractivity contribution >= 4 is 47.0 Å². The van der Waals surface area contributed by atoms with Gasteiger partial charge in [0.05, 0.1) is 15.7 Å². The molecule has 0 aliphatic heterocycles. The fourth-order valence-electron chi connectivity index (χ4n) is 1.36. The summed E-state index contributed by atoms with van der Waals surface area (Å²) in [6.45, 7) is 0. The third-order valence-electron chi connectivity index (χ3n) is 2.05. The lowest BCUT2D eigenvalue weighted by molar-refractivity contribution is 0.938. The van der Waals surface area contributed by atoms with Crippen molar-refractivity contribution < 1.29 is 0 Å². The minimum absolute atomic E-state index is 0.212. The molecule has 0 radical (unpaired) electrons. The standard InChI is InChI=1S/C10H5Cl3N2OS/c11-5-3-6(12)9(7(13)4-5)15-2-1-8(16)14-10(15)17/h1-4H,(H,14,16,17). The van der Waals surface area contributed by atoms with Crippen LogP contribution in [-0.4, -0.2) is 9.55 Å². The van der Waals surface area contributed by atoms with E-state index in [0.29, 0.717) is 20.8 Å². The zero-order valence-corrected chi connectivity index (χ0v) is 11.3. The maximum Gasteiger partial charge on any atom is 0.251 e. The molecule has 7 heteroatoms. The summed E-state index contributed by atoms with van der Waals surface area (Å²) >= 11 is 22.9. The molecule has 1 aromatic heterocycles. The van der Waals surface area contributed by atoms with Crippen molar-refractivity contribution in [1.29, 1.82) is 0 Å². The van der Waals surface area contributed by atoms with Crippen LogP contribution >= 0.6 is 47.0 Å². The summed E-state index contributed by atoms with van der Waals surface area (Å²) < 4.78 is 1.72. The van der Waals surface area contributed by atoms with E-state index in [2.05, 4.69) is 4.98 Å². The Morgan fingerprint density at radius 1 is 1.18 bits per heavy atom. The third-order valence-corrected chi connectivity index (χ3v) is 3.14. The highest BCUT2D eigenvalue weighted by atomic mass is 35.5.